The minimum atomic E-state index is -3.84. The summed E-state index contributed by atoms with van der Waals surface area (Å²) in [6.45, 7) is 0.641. The van der Waals surface area contributed by atoms with Gasteiger partial charge in [0, 0.05) is 13.1 Å². The maximum absolute atomic E-state index is 13.4. The molecule has 2 aromatic carbocycles. The van der Waals surface area contributed by atoms with Crippen molar-refractivity contribution in [1.82, 2.24) is 10.2 Å². The standard InChI is InChI=1S/C24H27N3O5S/c1-26(2)21(23-9-6-14-32-23)16-25-24(28)19-15-18(10-11-22(19)31-3)33(29,30)27-13-12-17-7-4-5-8-20(17)27/h4-11,14-15,21H,12-13,16H2,1-3H3,(H,25,28)/t21-/m1/s1. The Morgan fingerprint density at radius 1 is 1.18 bits per heavy atom. The first-order chi connectivity index (χ1) is 15.8. The van der Waals surface area contributed by atoms with Crippen LogP contribution in [0.3, 0.4) is 0 Å². The average Bonchev–Trinajstić information content (AvgIpc) is 3.49. The van der Waals surface area contributed by atoms with E-state index in [2.05, 4.69) is 5.32 Å². The molecule has 1 aliphatic rings. The van der Waals surface area contributed by atoms with Crippen molar-refractivity contribution < 1.29 is 22.4 Å². The third-order valence-corrected chi connectivity index (χ3v) is 7.61. The summed E-state index contributed by atoms with van der Waals surface area (Å²) in [5, 5.41) is 2.88. The van der Waals surface area contributed by atoms with Crippen molar-refractivity contribution in [3.8, 4) is 5.75 Å². The van der Waals surface area contributed by atoms with Crippen molar-refractivity contribution in [2.24, 2.45) is 0 Å². The number of ether oxygens (including phenoxy) is 1. The molecule has 0 unspecified atom stereocenters. The molecule has 2 heterocycles. The van der Waals surface area contributed by atoms with Crippen molar-refractivity contribution in [2.45, 2.75) is 17.4 Å². The molecule has 33 heavy (non-hydrogen) atoms. The molecular formula is C24H27N3O5S. The Balaban J connectivity index is 1.60. The van der Waals surface area contributed by atoms with E-state index in [0.29, 0.717) is 24.4 Å². The summed E-state index contributed by atoms with van der Waals surface area (Å²) < 4.78 is 39.1. The number of furan rings is 1. The predicted octanol–water partition coefficient (Wildman–Crippen LogP) is 3.07. The van der Waals surface area contributed by atoms with Crippen molar-refractivity contribution in [3.63, 3.8) is 0 Å². The van der Waals surface area contributed by atoms with Gasteiger partial charge in [-0.2, -0.15) is 0 Å². The Kier molecular flexibility index (Phi) is 6.44. The number of para-hydroxylation sites is 1. The Labute approximate surface area is 193 Å². The number of nitrogens with one attached hydrogen (secondary N) is 1. The van der Waals surface area contributed by atoms with Crippen LogP contribution in [0.5, 0.6) is 5.75 Å². The number of fused-ring (bicyclic) bond motifs is 1. The molecule has 0 radical (unpaired) electrons. The summed E-state index contributed by atoms with van der Waals surface area (Å²) in [6.07, 6.45) is 2.24. The SMILES string of the molecule is COc1ccc(S(=O)(=O)N2CCc3ccccc32)cc1C(=O)NC[C@H](c1ccco1)N(C)C. The third kappa shape index (κ3) is 4.46. The number of sulfonamides is 1. The van der Waals surface area contributed by atoms with Crippen LogP contribution in [0.15, 0.2) is 70.2 Å². The topological polar surface area (TPSA) is 92.1 Å². The van der Waals surface area contributed by atoms with Crippen molar-refractivity contribution in [3.05, 3.63) is 77.7 Å². The zero-order valence-corrected chi connectivity index (χ0v) is 19.6. The van der Waals surface area contributed by atoms with Gasteiger partial charge in [-0.05, 0) is 62.5 Å². The molecule has 4 rings (SSSR count). The number of hydrogen-bond acceptors (Lipinski definition) is 6. The molecule has 1 atom stereocenters. The van der Waals surface area contributed by atoms with E-state index in [1.807, 2.05) is 43.3 Å². The lowest BCUT2D eigenvalue weighted by atomic mass is 10.1. The molecular weight excluding hydrogens is 442 g/mol. The van der Waals surface area contributed by atoms with Gasteiger partial charge in [0.15, 0.2) is 0 Å². The van der Waals surface area contributed by atoms with Crippen LogP contribution in [0.2, 0.25) is 0 Å². The summed E-state index contributed by atoms with van der Waals surface area (Å²) >= 11 is 0. The number of amides is 1. The molecule has 1 aliphatic heterocycles. The lowest BCUT2D eigenvalue weighted by Gasteiger charge is -2.23. The number of methoxy groups -OCH3 is 1. The van der Waals surface area contributed by atoms with E-state index < -0.39 is 15.9 Å². The lowest BCUT2D eigenvalue weighted by Crippen LogP contribution is -2.34. The molecule has 0 bridgehead atoms. The van der Waals surface area contributed by atoms with Gasteiger partial charge in [0.05, 0.1) is 35.6 Å². The van der Waals surface area contributed by atoms with Crippen molar-refractivity contribution in [1.29, 1.82) is 0 Å². The smallest absolute Gasteiger partial charge is 0.264 e. The number of rotatable bonds is 8. The highest BCUT2D eigenvalue weighted by atomic mass is 32.2. The summed E-state index contributed by atoms with van der Waals surface area (Å²) in [6, 6.07) is 15.3. The Hall–Kier alpha value is -3.30. The average molecular weight is 470 g/mol. The fourth-order valence-electron chi connectivity index (χ4n) is 4.01. The van der Waals surface area contributed by atoms with Crippen molar-refractivity contribution in [2.75, 3.05) is 38.6 Å². The van der Waals surface area contributed by atoms with E-state index in [-0.39, 0.29) is 23.0 Å². The fourth-order valence-corrected chi connectivity index (χ4v) is 5.54. The molecule has 0 spiro atoms. The van der Waals surface area contributed by atoms with Crippen molar-refractivity contribution >= 4 is 21.6 Å². The van der Waals surface area contributed by atoms with Gasteiger partial charge in [0.1, 0.15) is 11.5 Å². The maximum atomic E-state index is 13.4. The highest BCUT2D eigenvalue weighted by Crippen LogP contribution is 2.34. The summed E-state index contributed by atoms with van der Waals surface area (Å²) in [5.41, 5.74) is 1.81. The largest absolute Gasteiger partial charge is 0.496 e. The molecule has 1 aromatic heterocycles. The number of carbonyl (C=O) groups excluding carboxylic acids is 1. The van der Waals surface area contributed by atoms with Gasteiger partial charge in [-0.3, -0.25) is 14.0 Å². The van der Waals surface area contributed by atoms with Gasteiger partial charge in [-0.25, -0.2) is 8.42 Å². The van der Waals surface area contributed by atoms with E-state index >= 15 is 0 Å². The zero-order valence-electron chi connectivity index (χ0n) is 18.8. The van der Waals surface area contributed by atoms with Gasteiger partial charge in [-0.1, -0.05) is 18.2 Å². The van der Waals surface area contributed by atoms with Gasteiger partial charge in [0.2, 0.25) is 0 Å². The van der Waals surface area contributed by atoms with Crippen LogP contribution in [0, 0.1) is 0 Å². The molecule has 0 aliphatic carbocycles. The summed E-state index contributed by atoms with van der Waals surface area (Å²) in [4.78, 5) is 15.0. The monoisotopic (exact) mass is 469 g/mol. The molecule has 1 amide bonds. The number of benzene rings is 2. The van der Waals surface area contributed by atoms with Crippen LogP contribution in [0.1, 0.15) is 27.7 Å². The van der Waals surface area contributed by atoms with Crippen LogP contribution in [-0.2, 0) is 16.4 Å². The summed E-state index contributed by atoms with van der Waals surface area (Å²) in [5.74, 6) is 0.591. The van der Waals surface area contributed by atoms with E-state index in [1.165, 1.54) is 29.6 Å². The zero-order chi connectivity index (χ0) is 23.6. The minimum Gasteiger partial charge on any atom is -0.496 e. The molecule has 9 heteroatoms. The number of carbonyl (C=O) groups is 1. The van der Waals surface area contributed by atoms with Crippen LogP contribution < -0.4 is 14.4 Å². The first kappa shape index (κ1) is 22.9. The normalized spacial score (nSPS) is 14.2. The van der Waals surface area contributed by atoms with Crippen LogP contribution in [0.25, 0.3) is 0 Å². The minimum absolute atomic E-state index is 0.0420. The van der Waals surface area contributed by atoms with E-state index in [9.17, 15) is 13.2 Å². The summed E-state index contributed by atoms with van der Waals surface area (Å²) in [7, 11) is 1.39. The van der Waals surface area contributed by atoms with Gasteiger partial charge in [0.25, 0.3) is 15.9 Å². The predicted molar refractivity (Wildman–Crippen MR) is 125 cm³/mol. The van der Waals surface area contributed by atoms with Gasteiger partial charge in [-0.15, -0.1) is 0 Å². The van der Waals surface area contributed by atoms with E-state index in [0.717, 1.165) is 11.3 Å². The highest BCUT2D eigenvalue weighted by Gasteiger charge is 2.31. The second kappa shape index (κ2) is 9.29. The molecule has 1 N–H and O–H groups in total. The second-order valence-corrected chi connectivity index (χ2v) is 9.89. The van der Waals surface area contributed by atoms with Crippen LogP contribution in [0.4, 0.5) is 5.69 Å². The van der Waals surface area contributed by atoms with E-state index in [4.69, 9.17) is 9.15 Å². The number of anilines is 1. The quantitative estimate of drug-likeness (QED) is 0.545. The first-order valence-electron chi connectivity index (χ1n) is 10.6. The second-order valence-electron chi connectivity index (χ2n) is 8.02. The Morgan fingerprint density at radius 3 is 2.67 bits per heavy atom. The lowest BCUT2D eigenvalue weighted by molar-refractivity contribution is 0.0935. The van der Waals surface area contributed by atoms with E-state index in [1.54, 1.807) is 18.4 Å². The molecule has 0 fully saturated rings. The van der Waals surface area contributed by atoms with Gasteiger partial charge >= 0.3 is 0 Å². The highest BCUT2D eigenvalue weighted by molar-refractivity contribution is 7.92. The molecule has 3 aromatic rings. The molecule has 0 saturated carbocycles. The molecule has 8 nitrogen and oxygen atoms in total. The van der Waals surface area contributed by atoms with Crippen LogP contribution in [-0.4, -0.2) is 53.5 Å². The molecule has 174 valence electrons. The fraction of sp³-hybridized carbons (Fsp3) is 0.292. The number of hydrogen-bond donors (Lipinski definition) is 1. The van der Waals surface area contributed by atoms with Gasteiger partial charge < -0.3 is 14.5 Å². The number of likely N-dealkylation sites (N-methyl/N-ethyl adjacent to an activating group) is 1. The first-order valence-corrected chi connectivity index (χ1v) is 12.0. The molecule has 0 saturated heterocycles. The third-order valence-electron chi connectivity index (χ3n) is 5.80. The Morgan fingerprint density at radius 2 is 1.97 bits per heavy atom. The maximum Gasteiger partial charge on any atom is 0.264 e. The van der Waals surface area contributed by atoms with Crippen LogP contribution >= 0.6 is 0 Å². The number of nitrogens with zero attached hydrogens (tertiary/aromatic N) is 2. The Bertz CT molecular complexity index is 1240.